The Morgan fingerprint density at radius 2 is 2.00 bits per heavy atom. The minimum atomic E-state index is 0.165. The molecule has 1 aromatic rings. The molecule has 0 spiro atoms. The van der Waals surface area contributed by atoms with Crippen LogP contribution in [0.4, 0.5) is 0 Å². The van der Waals surface area contributed by atoms with E-state index in [1.807, 2.05) is 19.1 Å². The van der Waals surface area contributed by atoms with Crippen LogP contribution < -0.4 is 9.47 Å². The predicted molar refractivity (Wildman–Crippen MR) is 68.0 cm³/mol. The molecule has 0 aliphatic rings. The molecule has 1 rings (SSSR count). The van der Waals surface area contributed by atoms with Crippen molar-refractivity contribution < 1.29 is 14.3 Å². The van der Waals surface area contributed by atoms with Gasteiger partial charge in [0.2, 0.25) is 0 Å². The first-order valence-electron chi connectivity index (χ1n) is 5.86. The molecule has 3 heteroatoms. The van der Waals surface area contributed by atoms with E-state index in [2.05, 4.69) is 6.92 Å². The lowest BCUT2D eigenvalue weighted by Gasteiger charge is -2.19. The van der Waals surface area contributed by atoms with Crippen molar-refractivity contribution in [2.24, 2.45) is 0 Å². The standard InChI is InChI=1S/C14H20O3/c1-5-11-13(16-3)7-6-12(14(11)17-4)10(2)8-9-15/h6-7,9-10H,5,8H2,1-4H3. The van der Waals surface area contributed by atoms with E-state index in [-0.39, 0.29) is 5.92 Å². The molecule has 3 nitrogen and oxygen atoms in total. The normalized spacial score (nSPS) is 12.0. The number of hydrogen-bond donors (Lipinski definition) is 0. The molecule has 0 radical (unpaired) electrons. The van der Waals surface area contributed by atoms with Crippen molar-refractivity contribution in [2.45, 2.75) is 32.6 Å². The first-order chi connectivity index (χ1) is 8.19. The number of rotatable bonds is 6. The molecule has 1 aromatic carbocycles. The summed E-state index contributed by atoms with van der Waals surface area (Å²) in [6, 6.07) is 3.92. The summed E-state index contributed by atoms with van der Waals surface area (Å²) in [4.78, 5) is 10.6. The van der Waals surface area contributed by atoms with E-state index in [0.29, 0.717) is 6.42 Å². The number of aldehydes is 1. The van der Waals surface area contributed by atoms with Crippen LogP contribution in [0, 0.1) is 0 Å². The predicted octanol–water partition coefficient (Wildman–Crippen LogP) is 2.96. The van der Waals surface area contributed by atoms with E-state index < -0.39 is 0 Å². The molecule has 0 aromatic heterocycles. The van der Waals surface area contributed by atoms with Gasteiger partial charge in [0, 0.05) is 12.0 Å². The first kappa shape index (κ1) is 13.6. The molecule has 1 unspecified atom stereocenters. The van der Waals surface area contributed by atoms with Crippen LogP contribution in [0.1, 0.15) is 37.3 Å². The summed E-state index contributed by atoms with van der Waals surface area (Å²) in [6.45, 7) is 4.09. The molecule has 0 bridgehead atoms. The fraction of sp³-hybridized carbons (Fsp3) is 0.500. The lowest BCUT2D eigenvalue weighted by molar-refractivity contribution is -0.108. The Morgan fingerprint density at radius 1 is 1.29 bits per heavy atom. The third kappa shape index (κ3) is 2.78. The highest BCUT2D eigenvalue weighted by Gasteiger charge is 2.17. The average Bonchev–Trinajstić information content (AvgIpc) is 2.36. The zero-order valence-corrected chi connectivity index (χ0v) is 10.9. The Kier molecular flexibility index (Phi) is 5.01. The number of carbonyl (C=O) groups excluding carboxylic acids is 1. The molecule has 94 valence electrons. The second kappa shape index (κ2) is 6.28. The molecule has 0 aliphatic carbocycles. The lowest BCUT2D eigenvalue weighted by Crippen LogP contribution is -2.03. The van der Waals surface area contributed by atoms with E-state index in [1.54, 1.807) is 14.2 Å². The molecule has 0 fully saturated rings. The second-order valence-corrected chi connectivity index (χ2v) is 4.03. The van der Waals surface area contributed by atoms with Gasteiger partial charge in [-0.3, -0.25) is 0 Å². The highest BCUT2D eigenvalue weighted by Crippen LogP contribution is 2.37. The van der Waals surface area contributed by atoms with Crippen LogP contribution in [0.5, 0.6) is 11.5 Å². The Labute approximate surface area is 103 Å². The highest BCUT2D eigenvalue weighted by atomic mass is 16.5. The maximum absolute atomic E-state index is 10.6. The van der Waals surface area contributed by atoms with E-state index in [4.69, 9.17) is 9.47 Å². The monoisotopic (exact) mass is 236 g/mol. The van der Waals surface area contributed by atoms with Crippen molar-refractivity contribution in [3.63, 3.8) is 0 Å². The van der Waals surface area contributed by atoms with Crippen LogP contribution in [-0.4, -0.2) is 20.5 Å². The maximum Gasteiger partial charge on any atom is 0.129 e. The summed E-state index contributed by atoms with van der Waals surface area (Å²) < 4.78 is 10.8. The number of ether oxygens (including phenoxy) is 2. The van der Waals surface area contributed by atoms with Gasteiger partial charge in [-0.25, -0.2) is 0 Å². The van der Waals surface area contributed by atoms with Crippen molar-refractivity contribution in [3.05, 3.63) is 23.3 Å². The van der Waals surface area contributed by atoms with Gasteiger partial charge >= 0.3 is 0 Å². The molecule has 17 heavy (non-hydrogen) atoms. The molecular formula is C14H20O3. The van der Waals surface area contributed by atoms with Gasteiger partial charge < -0.3 is 14.3 Å². The Morgan fingerprint density at radius 3 is 2.47 bits per heavy atom. The topological polar surface area (TPSA) is 35.5 Å². The van der Waals surface area contributed by atoms with Gasteiger partial charge in [-0.05, 0) is 24.0 Å². The van der Waals surface area contributed by atoms with Crippen LogP contribution >= 0.6 is 0 Å². The molecule has 0 aliphatic heterocycles. The molecule has 0 heterocycles. The van der Waals surface area contributed by atoms with Crippen molar-refractivity contribution >= 4 is 6.29 Å². The molecule has 0 amide bonds. The largest absolute Gasteiger partial charge is 0.496 e. The minimum absolute atomic E-state index is 0.165. The summed E-state index contributed by atoms with van der Waals surface area (Å²) in [7, 11) is 3.31. The molecular weight excluding hydrogens is 216 g/mol. The van der Waals surface area contributed by atoms with Crippen molar-refractivity contribution in [1.29, 1.82) is 0 Å². The molecule has 0 saturated carbocycles. The summed E-state index contributed by atoms with van der Waals surface area (Å²) >= 11 is 0. The molecule has 1 atom stereocenters. The van der Waals surface area contributed by atoms with E-state index >= 15 is 0 Å². The van der Waals surface area contributed by atoms with Gasteiger partial charge in [-0.2, -0.15) is 0 Å². The average molecular weight is 236 g/mol. The van der Waals surface area contributed by atoms with Crippen molar-refractivity contribution in [2.75, 3.05) is 14.2 Å². The Balaban J connectivity index is 3.27. The SMILES string of the molecule is CCc1c(OC)ccc(C(C)CC=O)c1OC. The van der Waals surface area contributed by atoms with Gasteiger partial charge in [0.1, 0.15) is 17.8 Å². The Bertz CT molecular complexity index is 385. The first-order valence-corrected chi connectivity index (χ1v) is 5.86. The third-order valence-electron chi connectivity index (χ3n) is 3.01. The van der Waals surface area contributed by atoms with Crippen molar-refractivity contribution in [3.8, 4) is 11.5 Å². The van der Waals surface area contributed by atoms with Gasteiger partial charge in [-0.1, -0.05) is 19.9 Å². The maximum atomic E-state index is 10.6. The Hall–Kier alpha value is -1.51. The van der Waals surface area contributed by atoms with E-state index in [1.165, 1.54) is 0 Å². The van der Waals surface area contributed by atoms with Crippen LogP contribution in [0.25, 0.3) is 0 Å². The number of benzene rings is 1. The summed E-state index contributed by atoms with van der Waals surface area (Å²) in [5, 5.41) is 0. The summed E-state index contributed by atoms with van der Waals surface area (Å²) in [6.07, 6.45) is 2.29. The van der Waals surface area contributed by atoms with Crippen LogP contribution in [-0.2, 0) is 11.2 Å². The number of hydrogen-bond acceptors (Lipinski definition) is 3. The second-order valence-electron chi connectivity index (χ2n) is 4.03. The number of methoxy groups -OCH3 is 2. The molecule has 0 saturated heterocycles. The van der Waals surface area contributed by atoms with Crippen LogP contribution in [0.3, 0.4) is 0 Å². The zero-order valence-electron chi connectivity index (χ0n) is 10.9. The van der Waals surface area contributed by atoms with Gasteiger partial charge in [0.15, 0.2) is 0 Å². The van der Waals surface area contributed by atoms with Gasteiger partial charge in [-0.15, -0.1) is 0 Å². The fourth-order valence-corrected chi connectivity index (χ4v) is 2.05. The third-order valence-corrected chi connectivity index (χ3v) is 3.01. The summed E-state index contributed by atoms with van der Waals surface area (Å²) in [5.41, 5.74) is 2.13. The van der Waals surface area contributed by atoms with E-state index in [0.717, 1.165) is 35.3 Å². The summed E-state index contributed by atoms with van der Waals surface area (Å²) in [5.74, 6) is 1.85. The smallest absolute Gasteiger partial charge is 0.129 e. The van der Waals surface area contributed by atoms with Gasteiger partial charge in [0.05, 0.1) is 14.2 Å². The number of carbonyl (C=O) groups is 1. The van der Waals surface area contributed by atoms with Crippen LogP contribution in [0.15, 0.2) is 12.1 Å². The zero-order chi connectivity index (χ0) is 12.8. The van der Waals surface area contributed by atoms with Gasteiger partial charge in [0.25, 0.3) is 0 Å². The lowest BCUT2D eigenvalue weighted by atomic mass is 9.94. The van der Waals surface area contributed by atoms with E-state index in [9.17, 15) is 4.79 Å². The van der Waals surface area contributed by atoms with Crippen LogP contribution in [0.2, 0.25) is 0 Å². The fourth-order valence-electron chi connectivity index (χ4n) is 2.05. The van der Waals surface area contributed by atoms with Crippen molar-refractivity contribution in [1.82, 2.24) is 0 Å². The molecule has 0 N–H and O–H groups in total. The quantitative estimate of drug-likeness (QED) is 0.712. The minimum Gasteiger partial charge on any atom is -0.496 e. The highest BCUT2D eigenvalue weighted by molar-refractivity contribution is 5.56.